The molecule has 0 aliphatic carbocycles. The summed E-state index contributed by atoms with van der Waals surface area (Å²) in [6.45, 7) is 1.91. The van der Waals surface area contributed by atoms with Gasteiger partial charge in [-0.05, 0) is 28.5 Å². The first kappa shape index (κ1) is 13.2. The van der Waals surface area contributed by atoms with Gasteiger partial charge in [0.15, 0.2) is 11.5 Å². The van der Waals surface area contributed by atoms with Crippen molar-refractivity contribution in [2.45, 2.75) is 13.1 Å². The van der Waals surface area contributed by atoms with Crippen LogP contribution in [0.4, 0.5) is 0 Å². The zero-order chi connectivity index (χ0) is 14.8. The molecule has 3 aromatic carbocycles. The Balaban J connectivity index is 1.45. The molecule has 1 aliphatic heterocycles. The monoisotopic (exact) mass is 291 g/mol. The number of para-hydroxylation sites is 1. The topological polar surface area (TPSA) is 30.5 Å². The van der Waals surface area contributed by atoms with Crippen molar-refractivity contribution in [3.8, 4) is 11.5 Å². The molecule has 0 spiro atoms. The standard InChI is InChI=1S/C19H17NO2/c1-2-5-16-10-14(8-9-15(16)4-1)11-20-12-17-6-3-7-18-19(17)22-13-21-18/h1-10,20H,11-13H2. The summed E-state index contributed by atoms with van der Waals surface area (Å²) < 4.78 is 10.9. The highest BCUT2D eigenvalue weighted by atomic mass is 16.7. The molecule has 22 heavy (non-hydrogen) atoms. The summed E-state index contributed by atoms with van der Waals surface area (Å²) in [7, 11) is 0. The summed E-state index contributed by atoms with van der Waals surface area (Å²) in [6.07, 6.45) is 0. The highest BCUT2D eigenvalue weighted by molar-refractivity contribution is 5.82. The molecule has 0 bridgehead atoms. The summed E-state index contributed by atoms with van der Waals surface area (Å²) in [5.41, 5.74) is 2.42. The van der Waals surface area contributed by atoms with Gasteiger partial charge in [-0.1, -0.05) is 48.5 Å². The number of ether oxygens (including phenoxy) is 2. The van der Waals surface area contributed by atoms with Crippen LogP contribution < -0.4 is 14.8 Å². The predicted molar refractivity (Wildman–Crippen MR) is 87.1 cm³/mol. The molecule has 110 valence electrons. The van der Waals surface area contributed by atoms with Gasteiger partial charge in [0, 0.05) is 18.7 Å². The summed E-state index contributed by atoms with van der Waals surface area (Å²) in [4.78, 5) is 0. The van der Waals surface area contributed by atoms with Gasteiger partial charge in [-0.25, -0.2) is 0 Å². The quantitative estimate of drug-likeness (QED) is 0.792. The fourth-order valence-electron chi connectivity index (χ4n) is 2.82. The van der Waals surface area contributed by atoms with Crippen LogP contribution in [0.5, 0.6) is 11.5 Å². The van der Waals surface area contributed by atoms with E-state index in [1.807, 2.05) is 12.1 Å². The van der Waals surface area contributed by atoms with Gasteiger partial charge in [0.25, 0.3) is 0 Å². The first-order valence-electron chi connectivity index (χ1n) is 7.46. The van der Waals surface area contributed by atoms with Gasteiger partial charge in [0.05, 0.1) is 0 Å². The molecule has 0 unspecified atom stereocenters. The number of rotatable bonds is 4. The van der Waals surface area contributed by atoms with E-state index in [0.717, 1.165) is 30.2 Å². The van der Waals surface area contributed by atoms with E-state index in [1.54, 1.807) is 0 Å². The lowest BCUT2D eigenvalue weighted by Gasteiger charge is -2.08. The van der Waals surface area contributed by atoms with Crippen LogP contribution in [0.3, 0.4) is 0 Å². The lowest BCUT2D eigenvalue weighted by molar-refractivity contribution is 0.173. The first-order valence-corrected chi connectivity index (χ1v) is 7.46. The highest BCUT2D eigenvalue weighted by Gasteiger charge is 2.16. The van der Waals surface area contributed by atoms with Crippen LogP contribution in [-0.4, -0.2) is 6.79 Å². The summed E-state index contributed by atoms with van der Waals surface area (Å²) in [5.74, 6) is 1.71. The Morgan fingerprint density at radius 2 is 1.73 bits per heavy atom. The second-order valence-corrected chi connectivity index (χ2v) is 5.44. The molecule has 3 heteroatoms. The minimum absolute atomic E-state index is 0.316. The summed E-state index contributed by atoms with van der Waals surface area (Å²) in [5, 5.41) is 6.03. The Labute approximate surface area is 129 Å². The summed E-state index contributed by atoms with van der Waals surface area (Å²) in [6, 6.07) is 21.0. The number of benzene rings is 3. The molecule has 0 aromatic heterocycles. The lowest BCUT2D eigenvalue weighted by atomic mass is 10.1. The average molecular weight is 291 g/mol. The van der Waals surface area contributed by atoms with Crippen molar-refractivity contribution in [2.75, 3.05) is 6.79 Å². The fourth-order valence-corrected chi connectivity index (χ4v) is 2.82. The summed E-state index contributed by atoms with van der Waals surface area (Å²) >= 11 is 0. The molecule has 4 rings (SSSR count). The predicted octanol–water partition coefficient (Wildman–Crippen LogP) is 3.86. The van der Waals surface area contributed by atoms with Gasteiger partial charge in [-0.2, -0.15) is 0 Å². The molecule has 0 fully saturated rings. The Bertz CT molecular complexity index is 813. The van der Waals surface area contributed by atoms with Crippen molar-refractivity contribution in [2.24, 2.45) is 0 Å². The van der Waals surface area contributed by atoms with Crippen molar-refractivity contribution >= 4 is 10.8 Å². The van der Waals surface area contributed by atoms with Gasteiger partial charge in [-0.15, -0.1) is 0 Å². The van der Waals surface area contributed by atoms with Gasteiger partial charge in [0.1, 0.15) is 0 Å². The molecule has 0 saturated carbocycles. The van der Waals surface area contributed by atoms with Crippen LogP contribution in [-0.2, 0) is 13.1 Å². The van der Waals surface area contributed by atoms with E-state index >= 15 is 0 Å². The average Bonchev–Trinajstić information content (AvgIpc) is 3.04. The third-order valence-electron chi connectivity index (χ3n) is 3.94. The van der Waals surface area contributed by atoms with E-state index < -0.39 is 0 Å². The fraction of sp³-hybridized carbons (Fsp3) is 0.158. The zero-order valence-corrected chi connectivity index (χ0v) is 12.2. The Morgan fingerprint density at radius 3 is 2.68 bits per heavy atom. The Hall–Kier alpha value is -2.52. The molecule has 0 saturated heterocycles. The van der Waals surface area contributed by atoms with Crippen molar-refractivity contribution < 1.29 is 9.47 Å². The van der Waals surface area contributed by atoms with Crippen molar-refractivity contribution in [1.82, 2.24) is 5.32 Å². The first-order chi connectivity index (χ1) is 10.9. The van der Waals surface area contributed by atoms with Crippen LogP contribution in [0.15, 0.2) is 60.7 Å². The van der Waals surface area contributed by atoms with Gasteiger partial charge in [0.2, 0.25) is 6.79 Å². The van der Waals surface area contributed by atoms with Gasteiger partial charge >= 0.3 is 0 Å². The van der Waals surface area contributed by atoms with E-state index in [4.69, 9.17) is 9.47 Å². The maximum Gasteiger partial charge on any atom is 0.231 e. The highest BCUT2D eigenvalue weighted by Crippen LogP contribution is 2.35. The van der Waals surface area contributed by atoms with E-state index in [2.05, 4.69) is 53.8 Å². The Morgan fingerprint density at radius 1 is 0.818 bits per heavy atom. The van der Waals surface area contributed by atoms with E-state index in [1.165, 1.54) is 16.3 Å². The van der Waals surface area contributed by atoms with Crippen LogP contribution in [0.25, 0.3) is 10.8 Å². The third-order valence-corrected chi connectivity index (χ3v) is 3.94. The van der Waals surface area contributed by atoms with Crippen LogP contribution >= 0.6 is 0 Å². The number of hydrogen-bond donors (Lipinski definition) is 1. The molecule has 0 amide bonds. The van der Waals surface area contributed by atoms with E-state index in [9.17, 15) is 0 Å². The van der Waals surface area contributed by atoms with Gasteiger partial charge in [-0.3, -0.25) is 0 Å². The van der Waals surface area contributed by atoms with Crippen molar-refractivity contribution in [1.29, 1.82) is 0 Å². The van der Waals surface area contributed by atoms with Crippen molar-refractivity contribution in [3.05, 3.63) is 71.8 Å². The van der Waals surface area contributed by atoms with E-state index in [-0.39, 0.29) is 0 Å². The maximum absolute atomic E-state index is 5.53. The second-order valence-electron chi connectivity index (χ2n) is 5.44. The maximum atomic E-state index is 5.53. The third kappa shape index (κ3) is 2.51. The largest absolute Gasteiger partial charge is 0.454 e. The SMILES string of the molecule is c1cc(CNCc2ccc3ccccc3c2)c2c(c1)OCO2. The van der Waals surface area contributed by atoms with Crippen LogP contribution in [0.2, 0.25) is 0 Å². The molecule has 1 N–H and O–H groups in total. The Kier molecular flexibility index (Phi) is 3.41. The number of fused-ring (bicyclic) bond motifs is 2. The minimum Gasteiger partial charge on any atom is -0.454 e. The molecule has 3 nitrogen and oxygen atoms in total. The van der Waals surface area contributed by atoms with Crippen molar-refractivity contribution in [3.63, 3.8) is 0 Å². The molecule has 3 aromatic rings. The molecular formula is C19H17NO2. The van der Waals surface area contributed by atoms with Crippen LogP contribution in [0.1, 0.15) is 11.1 Å². The molecule has 1 aliphatic rings. The molecule has 0 radical (unpaired) electrons. The van der Waals surface area contributed by atoms with Gasteiger partial charge < -0.3 is 14.8 Å². The van der Waals surface area contributed by atoms with Crippen LogP contribution in [0, 0.1) is 0 Å². The number of hydrogen-bond acceptors (Lipinski definition) is 3. The molecular weight excluding hydrogens is 274 g/mol. The molecule has 1 heterocycles. The van der Waals surface area contributed by atoms with E-state index in [0.29, 0.717) is 6.79 Å². The molecule has 0 atom stereocenters. The second kappa shape index (κ2) is 5.70. The lowest BCUT2D eigenvalue weighted by Crippen LogP contribution is -2.13. The zero-order valence-electron chi connectivity index (χ0n) is 12.2. The number of nitrogens with one attached hydrogen (secondary N) is 1. The normalized spacial score (nSPS) is 12.7. The smallest absolute Gasteiger partial charge is 0.231 e. The minimum atomic E-state index is 0.316.